The van der Waals surface area contributed by atoms with Crippen molar-refractivity contribution >= 4 is 107 Å². The molecule has 0 aliphatic heterocycles. The van der Waals surface area contributed by atoms with Crippen molar-refractivity contribution in [3.8, 4) is 0 Å². The first kappa shape index (κ1) is 19.1. The minimum atomic E-state index is -2.41. The van der Waals surface area contributed by atoms with Crippen LogP contribution in [0.15, 0.2) is 0 Å². The molecule has 0 aliphatic rings. The van der Waals surface area contributed by atoms with Crippen LogP contribution in [0.2, 0.25) is 0 Å². The number of carbonyl (C=O) groups excluding carboxylic acids is 2. The molecule has 11 heteroatoms. The molecule has 8 nitrogen and oxygen atoms in total. The molecular formula is C4H5KO8Sb2. The van der Waals surface area contributed by atoms with E-state index in [1.165, 1.54) is 0 Å². The second-order valence-electron chi connectivity index (χ2n) is 1.86. The van der Waals surface area contributed by atoms with Crippen molar-refractivity contribution in [2.24, 2.45) is 0 Å². The SMILES string of the molecule is [KH].[O]=[Sb][O]C(=O)C(O)C(O)C(=O)[O][Sb]=[O]. The van der Waals surface area contributed by atoms with Crippen LogP contribution in [0.4, 0.5) is 0 Å². The molecule has 0 heterocycles. The molecule has 0 bridgehead atoms. The van der Waals surface area contributed by atoms with E-state index >= 15 is 0 Å². The van der Waals surface area contributed by atoms with Gasteiger partial charge in [-0.3, -0.25) is 0 Å². The van der Waals surface area contributed by atoms with E-state index in [4.69, 9.17) is 10.2 Å². The van der Waals surface area contributed by atoms with Crippen LogP contribution in [0.1, 0.15) is 0 Å². The van der Waals surface area contributed by atoms with Crippen LogP contribution >= 0.6 is 0 Å². The van der Waals surface area contributed by atoms with Gasteiger partial charge in [-0.05, 0) is 0 Å². The molecule has 0 aromatic heterocycles. The quantitative estimate of drug-likeness (QED) is 0.396. The Morgan fingerprint density at radius 3 is 1.40 bits per heavy atom. The Morgan fingerprint density at radius 1 is 0.933 bits per heavy atom. The van der Waals surface area contributed by atoms with Gasteiger partial charge >= 0.3 is 151 Å². The van der Waals surface area contributed by atoms with Crippen molar-refractivity contribution in [2.75, 3.05) is 0 Å². The van der Waals surface area contributed by atoms with Crippen LogP contribution in [0.25, 0.3) is 0 Å². The van der Waals surface area contributed by atoms with E-state index in [-0.39, 0.29) is 51.4 Å². The number of rotatable bonds is 5. The van der Waals surface area contributed by atoms with Crippen molar-refractivity contribution in [3.63, 3.8) is 0 Å². The Labute approximate surface area is 148 Å². The van der Waals surface area contributed by atoms with Crippen molar-refractivity contribution in [2.45, 2.75) is 12.2 Å². The van der Waals surface area contributed by atoms with Gasteiger partial charge < -0.3 is 0 Å². The topological polar surface area (TPSA) is 127 Å². The third kappa shape index (κ3) is 7.62. The minimum absolute atomic E-state index is 0. The molecule has 15 heavy (non-hydrogen) atoms. The summed E-state index contributed by atoms with van der Waals surface area (Å²) in [6.45, 7) is 0. The Morgan fingerprint density at radius 2 is 1.20 bits per heavy atom. The van der Waals surface area contributed by atoms with Crippen molar-refractivity contribution in [1.29, 1.82) is 0 Å². The zero-order valence-corrected chi connectivity index (χ0v) is 11.5. The van der Waals surface area contributed by atoms with Crippen LogP contribution < -0.4 is 0 Å². The summed E-state index contributed by atoms with van der Waals surface area (Å²) in [6, 6.07) is 0. The van der Waals surface area contributed by atoms with Crippen LogP contribution in [0.5, 0.6) is 0 Å². The van der Waals surface area contributed by atoms with E-state index in [9.17, 15) is 15.6 Å². The fraction of sp³-hybridized carbons (Fsp3) is 0.500. The van der Waals surface area contributed by atoms with Crippen molar-refractivity contribution in [1.82, 2.24) is 0 Å². The van der Waals surface area contributed by atoms with E-state index in [2.05, 4.69) is 6.03 Å². The Balaban J connectivity index is 0. The molecule has 0 spiro atoms. The van der Waals surface area contributed by atoms with E-state index in [1.54, 1.807) is 0 Å². The Bertz CT molecular complexity index is 231. The molecule has 0 aliphatic carbocycles. The van der Waals surface area contributed by atoms with Crippen LogP contribution in [-0.2, 0) is 21.7 Å². The third-order valence-corrected chi connectivity index (χ3v) is 2.49. The molecule has 0 saturated heterocycles. The molecule has 0 rings (SSSR count). The third-order valence-electron chi connectivity index (χ3n) is 1.04. The van der Waals surface area contributed by atoms with Gasteiger partial charge in [0.05, 0.1) is 0 Å². The summed E-state index contributed by atoms with van der Waals surface area (Å²) in [6.07, 6.45) is -4.34. The zero-order chi connectivity index (χ0) is 11.1. The van der Waals surface area contributed by atoms with E-state index < -0.39 is 68.2 Å². The summed E-state index contributed by atoms with van der Waals surface area (Å²) in [7, 11) is 0. The molecule has 2 N–H and O–H groups in total. The zero-order valence-electron chi connectivity index (χ0n) is 6.39. The van der Waals surface area contributed by atoms with Gasteiger partial charge in [-0.15, -0.1) is 0 Å². The predicted octanol–water partition coefficient (Wildman–Crippen LogP) is -3.92. The molecule has 0 saturated carbocycles. The van der Waals surface area contributed by atoms with Gasteiger partial charge in [0.15, 0.2) is 0 Å². The summed E-state index contributed by atoms with van der Waals surface area (Å²) in [5, 5.41) is 17.8. The number of hydrogen-bond donors (Lipinski definition) is 2. The average Bonchev–Trinajstić information content (AvgIpc) is 2.16. The summed E-state index contributed by atoms with van der Waals surface area (Å²) in [4.78, 5) is 21.2. The molecule has 0 fully saturated rings. The van der Waals surface area contributed by atoms with Crippen LogP contribution in [-0.4, -0.2) is 130 Å². The fourth-order valence-corrected chi connectivity index (χ4v) is 1.48. The molecular weight excluding hydrogens is 459 g/mol. The van der Waals surface area contributed by atoms with E-state index in [1.807, 2.05) is 0 Å². The first-order chi connectivity index (χ1) is 6.54. The number of hydrogen-bond acceptors (Lipinski definition) is 8. The standard InChI is InChI=1S/C4H6O6.K.2O.2Sb.H/c5-1(3(7)8)2(6)4(9)10;;;;;;/h1-2,5-6H,(H,7,8)(H,9,10);;;;;;/q;;;;2*+1;/p-2. The van der Waals surface area contributed by atoms with Gasteiger partial charge in [0.25, 0.3) is 0 Å². The maximum atomic E-state index is 10.6. The van der Waals surface area contributed by atoms with Crippen LogP contribution in [0.3, 0.4) is 0 Å². The monoisotopic (exact) mass is 462 g/mol. The van der Waals surface area contributed by atoms with Gasteiger partial charge in [-0.1, -0.05) is 0 Å². The first-order valence-corrected chi connectivity index (χ1v) is 7.14. The van der Waals surface area contributed by atoms with Gasteiger partial charge in [0, 0.05) is 0 Å². The molecule has 2 unspecified atom stereocenters. The summed E-state index contributed by atoms with van der Waals surface area (Å²) in [5.41, 5.74) is 0. The fourth-order valence-electron chi connectivity index (χ4n) is 0.439. The number of carbonyl (C=O) groups is 2. The van der Waals surface area contributed by atoms with Gasteiger partial charge in [-0.2, -0.15) is 0 Å². The molecule has 0 aromatic carbocycles. The second kappa shape index (κ2) is 10.9. The predicted molar refractivity (Wildman–Crippen MR) is 44.2 cm³/mol. The summed E-state index contributed by atoms with van der Waals surface area (Å²) in [5.74, 6) is -2.76. The molecule has 2 atom stereocenters. The second-order valence-corrected chi connectivity index (χ2v) is 3.75. The summed E-state index contributed by atoms with van der Waals surface area (Å²) >= 11 is -4.81. The summed E-state index contributed by atoms with van der Waals surface area (Å²) < 4.78 is 27.7. The Kier molecular flexibility index (Phi) is 13.8. The molecule has 0 radical (unpaired) electrons. The van der Waals surface area contributed by atoms with Crippen molar-refractivity contribution in [3.05, 3.63) is 0 Å². The Hall–Kier alpha value is 1.73. The number of aliphatic hydroxyl groups is 2. The van der Waals surface area contributed by atoms with Crippen LogP contribution in [0, 0.1) is 0 Å². The maximum absolute atomic E-state index is 10.6. The van der Waals surface area contributed by atoms with Crippen molar-refractivity contribution < 1.29 is 31.9 Å². The van der Waals surface area contributed by atoms with E-state index in [0.29, 0.717) is 0 Å². The molecule has 0 aromatic rings. The normalized spacial score (nSPS) is 12.7. The van der Waals surface area contributed by atoms with E-state index in [0.717, 1.165) is 0 Å². The molecule has 0 amide bonds. The van der Waals surface area contributed by atoms with Gasteiger partial charge in [0.2, 0.25) is 0 Å². The van der Waals surface area contributed by atoms with Gasteiger partial charge in [-0.25, -0.2) is 0 Å². The first-order valence-electron chi connectivity index (χ1n) is 2.97. The number of aliphatic hydroxyl groups excluding tert-OH is 2. The van der Waals surface area contributed by atoms with Gasteiger partial charge in [0.1, 0.15) is 0 Å². The molecule has 80 valence electrons. The average molecular weight is 464 g/mol.